The van der Waals surface area contributed by atoms with E-state index in [-0.39, 0.29) is 0 Å². The number of piperidine rings is 1. The predicted molar refractivity (Wildman–Crippen MR) is 39.1 cm³/mol. The van der Waals surface area contributed by atoms with Crippen molar-refractivity contribution in [1.29, 1.82) is 0 Å². The van der Waals surface area contributed by atoms with Crippen molar-refractivity contribution in [2.45, 2.75) is 19.3 Å². The lowest BCUT2D eigenvalue weighted by Crippen LogP contribution is -2.21. The van der Waals surface area contributed by atoms with Gasteiger partial charge in [0.05, 0.1) is 0 Å². The van der Waals surface area contributed by atoms with Gasteiger partial charge in [-0.1, -0.05) is 20.0 Å². The third-order valence-electron chi connectivity index (χ3n) is 1.43. The van der Waals surface area contributed by atoms with Gasteiger partial charge in [-0.3, -0.25) is 0 Å². The Labute approximate surface area is 74.2 Å². The van der Waals surface area contributed by atoms with E-state index >= 15 is 0 Å². The number of nitrogens with one attached hydrogen (secondary N) is 1. The lowest BCUT2D eigenvalue weighted by molar-refractivity contribution is -0.190. The highest BCUT2D eigenvalue weighted by molar-refractivity contribution is 6.35. The fourth-order valence-electron chi connectivity index (χ4n) is 0.843. The predicted octanol–water partition coefficient (Wildman–Crippen LogP) is 1.43. The molecule has 0 aromatic heterocycles. The molecule has 0 aromatic carbocycles. The fourth-order valence-corrected chi connectivity index (χ4v) is 0.843. The molecule has 0 amide bonds. The summed E-state index contributed by atoms with van der Waals surface area (Å²) in [6.45, 7) is 2.50. The Kier molecular flexibility index (Phi) is 9.55. The monoisotopic (exact) mass is 201 g/mol. The summed E-state index contributed by atoms with van der Waals surface area (Å²) in [5.41, 5.74) is 0. The van der Waals surface area contributed by atoms with Crippen LogP contribution in [0.25, 0.3) is 0 Å². The van der Waals surface area contributed by atoms with Gasteiger partial charge >= 0.3 is 7.32 Å². The Morgan fingerprint density at radius 3 is 1.38 bits per heavy atom. The maximum Gasteiger partial charge on any atom is 0.737 e. The van der Waals surface area contributed by atoms with Crippen LogP contribution in [0.4, 0.5) is 13.6 Å². The summed E-state index contributed by atoms with van der Waals surface area (Å²) in [4.78, 5) is 7.06. The molecule has 0 aromatic rings. The van der Waals surface area contributed by atoms with Crippen LogP contribution in [-0.4, -0.2) is 20.4 Å². The highest BCUT2D eigenvalue weighted by Crippen LogP contribution is 1.96. The third kappa shape index (κ3) is 8.04. The molecule has 0 radical (unpaired) electrons. The zero-order chi connectivity index (χ0) is 9.94. The molecule has 13 heavy (non-hydrogen) atoms. The maximum absolute atomic E-state index is 10.4. The van der Waals surface area contributed by atoms with Gasteiger partial charge in [-0.05, 0) is 25.9 Å². The van der Waals surface area contributed by atoms with E-state index in [1.54, 1.807) is 0 Å². The second-order valence-electron chi connectivity index (χ2n) is 2.37. The molecule has 1 N–H and O–H groups in total. The van der Waals surface area contributed by atoms with Crippen LogP contribution in [-0.2, 0) is 14.6 Å². The van der Waals surface area contributed by atoms with Crippen LogP contribution in [0.1, 0.15) is 19.3 Å². The normalized spacial score (nSPS) is 15.9. The van der Waals surface area contributed by atoms with E-state index in [0.29, 0.717) is 0 Å². The van der Waals surface area contributed by atoms with Crippen molar-refractivity contribution < 1.29 is 28.2 Å². The summed E-state index contributed by atoms with van der Waals surface area (Å²) in [5, 5.41) is 3.28. The molecule has 78 valence electrons. The largest absolute Gasteiger partial charge is 0.737 e. The van der Waals surface area contributed by atoms with Crippen LogP contribution in [0.15, 0.2) is 0 Å². The van der Waals surface area contributed by atoms with Crippen LogP contribution >= 0.6 is 0 Å². The summed E-state index contributed by atoms with van der Waals surface area (Å²) in [6, 6.07) is 0. The molecule has 0 spiro atoms. The van der Waals surface area contributed by atoms with E-state index in [1.807, 2.05) is 0 Å². The Hall–Kier alpha value is -0.305. The van der Waals surface area contributed by atoms with E-state index in [2.05, 4.69) is 19.9 Å². The van der Waals surface area contributed by atoms with Crippen molar-refractivity contribution in [2.24, 2.45) is 0 Å². The van der Waals surface area contributed by atoms with Gasteiger partial charge in [0.15, 0.2) is 0 Å². The minimum absolute atomic E-state index is 1.25. The quantitative estimate of drug-likeness (QED) is 0.701. The average Bonchev–Trinajstić information content (AvgIpc) is 2.24. The van der Waals surface area contributed by atoms with Gasteiger partial charge in [-0.25, -0.2) is 0 Å². The van der Waals surface area contributed by atoms with Gasteiger partial charge in [0.2, 0.25) is 0 Å². The van der Waals surface area contributed by atoms with Crippen molar-refractivity contribution >= 4 is 7.32 Å². The summed E-state index contributed by atoms with van der Waals surface area (Å²) >= 11 is 0. The lowest BCUT2D eigenvalue weighted by Gasteiger charge is -2.08. The molecule has 1 heterocycles. The Bertz CT molecular complexity index is 88.0. The fraction of sp³-hybridized carbons (Fsp3) is 1.00. The van der Waals surface area contributed by atoms with Gasteiger partial charge in [-0.2, -0.15) is 14.6 Å². The topological polar surface area (TPSA) is 39.7 Å². The van der Waals surface area contributed by atoms with Crippen molar-refractivity contribution in [1.82, 2.24) is 5.32 Å². The van der Waals surface area contributed by atoms with E-state index in [0.717, 1.165) is 0 Å². The average molecular weight is 201 g/mol. The first-order chi connectivity index (χ1) is 6.35. The van der Waals surface area contributed by atoms with Gasteiger partial charge in [0.1, 0.15) is 0 Å². The van der Waals surface area contributed by atoms with E-state index in [1.165, 1.54) is 32.4 Å². The van der Waals surface area contributed by atoms with Gasteiger partial charge in [0, 0.05) is 0 Å². The molecular formula is C5H11BF3NO3. The summed E-state index contributed by atoms with van der Waals surface area (Å²) < 4.78 is 31.3. The van der Waals surface area contributed by atoms with Crippen molar-refractivity contribution in [3.8, 4) is 0 Å². The second kappa shape index (κ2) is 9.78. The Morgan fingerprint density at radius 2 is 1.31 bits per heavy atom. The Morgan fingerprint density at radius 1 is 0.846 bits per heavy atom. The zero-order valence-electron chi connectivity index (χ0n) is 6.97. The molecular weight excluding hydrogens is 190 g/mol. The third-order valence-corrected chi connectivity index (χ3v) is 1.43. The Balaban J connectivity index is 0.000000223. The molecule has 4 nitrogen and oxygen atoms in total. The molecule has 0 unspecified atom stereocenters. The number of hydrogen-bond acceptors (Lipinski definition) is 4. The van der Waals surface area contributed by atoms with Crippen LogP contribution < -0.4 is 5.32 Å². The first kappa shape index (κ1) is 12.7. The molecule has 1 fully saturated rings. The smallest absolute Gasteiger partial charge is 0.317 e. The molecule has 1 aliphatic heterocycles. The van der Waals surface area contributed by atoms with Crippen molar-refractivity contribution in [2.75, 3.05) is 13.1 Å². The minimum atomic E-state index is -2.51. The SMILES string of the molecule is C1CCNCC1.FOB(OF)OF. The molecule has 0 aliphatic carbocycles. The number of rotatable bonds is 3. The summed E-state index contributed by atoms with van der Waals surface area (Å²) in [7, 11) is -2.51. The molecule has 0 atom stereocenters. The molecule has 1 aliphatic rings. The van der Waals surface area contributed by atoms with Gasteiger partial charge in [0.25, 0.3) is 0 Å². The van der Waals surface area contributed by atoms with Crippen LogP contribution in [0.3, 0.4) is 0 Å². The van der Waals surface area contributed by atoms with Crippen LogP contribution in [0, 0.1) is 0 Å². The van der Waals surface area contributed by atoms with Crippen molar-refractivity contribution in [3.05, 3.63) is 0 Å². The highest BCUT2D eigenvalue weighted by Gasteiger charge is 2.24. The molecule has 1 saturated heterocycles. The summed E-state index contributed by atoms with van der Waals surface area (Å²) in [6.07, 6.45) is 4.22. The van der Waals surface area contributed by atoms with E-state index in [4.69, 9.17) is 0 Å². The second-order valence-corrected chi connectivity index (χ2v) is 2.37. The summed E-state index contributed by atoms with van der Waals surface area (Å²) in [5.74, 6) is 0. The van der Waals surface area contributed by atoms with Crippen molar-refractivity contribution in [3.63, 3.8) is 0 Å². The molecule has 0 saturated carbocycles. The molecule has 0 bridgehead atoms. The first-order valence-corrected chi connectivity index (χ1v) is 3.88. The van der Waals surface area contributed by atoms with Gasteiger partial charge < -0.3 is 5.32 Å². The first-order valence-electron chi connectivity index (χ1n) is 3.88. The standard InChI is InChI=1S/C5H11N.BF3O3/c1-2-4-6-5-3-1;2-5-1(6-3)7-4/h6H,1-5H2;. The van der Waals surface area contributed by atoms with Gasteiger partial charge in [-0.15, -0.1) is 0 Å². The molecule has 1 rings (SSSR count). The number of halogens is 3. The number of hydrogen-bond donors (Lipinski definition) is 1. The van der Waals surface area contributed by atoms with Crippen LogP contribution in [0.2, 0.25) is 0 Å². The highest BCUT2D eigenvalue weighted by atomic mass is 19.3. The van der Waals surface area contributed by atoms with E-state index in [9.17, 15) is 13.6 Å². The zero-order valence-corrected chi connectivity index (χ0v) is 6.97. The minimum Gasteiger partial charge on any atom is -0.317 e. The lowest BCUT2D eigenvalue weighted by atomic mass is 10.2. The maximum atomic E-state index is 10.4. The van der Waals surface area contributed by atoms with E-state index < -0.39 is 7.32 Å². The molecule has 8 heteroatoms. The van der Waals surface area contributed by atoms with Crippen LogP contribution in [0.5, 0.6) is 0 Å².